The molecule has 1 aromatic carbocycles. The first kappa shape index (κ1) is 14.2. The van der Waals surface area contributed by atoms with E-state index in [1.807, 2.05) is 0 Å². The molecule has 0 bridgehead atoms. The van der Waals surface area contributed by atoms with Crippen LogP contribution in [-0.4, -0.2) is 6.10 Å². The molecule has 19 heavy (non-hydrogen) atoms. The highest BCUT2D eigenvalue weighted by molar-refractivity contribution is 5.42. The van der Waals surface area contributed by atoms with E-state index in [-0.39, 0.29) is 11.5 Å². The van der Waals surface area contributed by atoms with Crippen molar-refractivity contribution in [3.63, 3.8) is 0 Å². The van der Waals surface area contributed by atoms with Gasteiger partial charge in [-0.25, -0.2) is 0 Å². The maximum absolute atomic E-state index is 6.16. The second-order valence-electron chi connectivity index (χ2n) is 6.31. The van der Waals surface area contributed by atoms with Gasteiger partial charge in [-0.15, -0.1) is 0 Å². The molecule has 0 N–H and O–H groups in total. The van der Waals surface area contributed by atoms with Gasteiger partial charge < -0.3 is 4.74 Å². The number of rotatable bonds is 5. The largest absolute Gasteiger partial charge is 0.486 e. The summed E-state index contributed by atoms with van der Waals surface area (Å²) in [6.07, 6.45) is 6.09. The lowest BCUT2D eigenvalue weighted by molar-refractivity contribution is 0.160. The van der Waals surface area contributed by atoms with Gasteiger partial charge in [-0.3, -0.25) is 0 Å². The summed E-state index contributed by atoms with van der Waals surface area (Å²) in [4.78, 5) is 0. The molecule has 1 heterocycles. The molecule has 0 saturated carbocycles. The van der Waals surface area contributed by atoms with Crippen LogP contribution in [0.15, 0.2) is 36.4 Å². The monoisotopic (exact) mass is 258 g/mol. The second-order valence-corrected chi connectivity index (χ2v) is 6.31. The van der Waals surface area contributed by atoms with Gasteiger partial charge in [0.1, 0.15) is 11.9 Å². The number of para-hydroxylation sites is 1. The molecule has 2 rings (SSSR count). The lowest BCUT2D eigenvalue weighted by Crippen LogP contribution is -2.35. The van der Waals surface area contributed by atoms with Crippen molar-refractivity contribution in [3.05, 3.63) is 42.0 Å². The van der Waals surface area contributed by atoms with Crippen LogP contribution in [0.5, 0.6) is 5.75 Å². The first-order valence-electron chi connectivity index (χ1n) is 7.48. The van der Waals surface area contributed by atoms with Gasteiger partial charge in [0.25, 0.3) is 0 Å². The highest BCUT2D eigenvalue weighted by atomic mass is 16.5. The maximum atomic E-state index is 6.16. The molecule has 1 nitrogen and oxygen atoms in total. The van der Waals surface area contributed by atoms with Crippen LogP contribution in [0.25, 0.3) is 0 Å². The summed E-state index contributed by atoms with van der Waals surface area (Å²) in [6, 6.07) is 8.42. The third-order valence-electron chi connectivity index (χ3n) is 4.14. The van der Waals surface area contributed by atoms with Gasteiger partial charge in [-0.2, -0.15) is 0 Å². The first-order chi connectivity index (χ1) is 9.04. The zero-order chi connectivity index (χ0) is 13.9. The quantitative estimate of drug-likeness (QED) is 0.517. The summed E-state index contributed by atoms with van der Waals surface area (Å²) in [5, 5.41) is 0. The Morgan fingerprint density at radius 1 is 1.32 bits per heavy atom. The average Bonchev–Trinajstić information content (AvgIpc) is 2.38. The van der Waals surface area contributed by atoms with E-state index in [0.29, 0.717) is 0 Å². The molecule has 1 unspecified atom stereocenters. The molecule has 0 radical (unpaired) electrons. The van der Waals surface area contributed by atoms with Crippen LogP contribution in [0.2, 0.25) is 0 Å². The minimum Gasteiger partial charge on any atom is -0.486 e. The fourth-order valence-electron chi connectivity index (χ4n) is 2.89. The summed E-state index contributed by atoms with van der Waals surface area (Å²) >= 11 is 0. The molecule has 1 aliphatic heterocycles. The molecule has 0 aromatic heterocycles. The molecule has 1 aromatic rings. The topological polar surface area (TPSA) is 9.23 Å². The highest BCUT2D eigenvalue weighted by Crippen LogP contribution is 2.42. The number of ether oxygens (including phenoxy) is 1. The van der Waals surface area contributed by atoms with Crippen molar-refractivity contribution in [3.8, 4) is 5.75 Å². The van der Waals surface area contributed by atoms with E-state index < -0.39 is 0 Å². The Bertz CT molecular complexity index is 445. The number of hydrogen-bond acceptors (Lipinski definition) is 1. The van der Waals surface area contributed by atoms with Crippen molar-refractivity contribution in [1.29, 1.82) is 0 Å². The van der Waals surface area contributed by atoms with E-state index in [1.165, 1.54) is 30.4 Å². The van der Waals surface area contributed by atoms with Gasteiger partial charge in [-0.05, 0) is 41.9 Å². The fourth-order valence-corrected chi connectivity index (χ4v) is 2.89. The van der Waals surface area contributed by atoms with Crippen molar-refractivity contribution in [2.45, 2.75) is 64.4 Å². The van der Waals surface area contributed by atoms with E-state index >= 15 is 0 Å². The molecule has 0 fully saturated rings. The summed E-state index contributed by atoms with van der Waals surface area (Å²) in [5.41, 5.74) is 2.76. The SMILES string of the molecule is C=C(CCCCC)C1CC(C)(C)c2ccccc2O1. The lowest BCUT2D eigenvalue weighted by atomic mass is 9.76. The predicted octanol–water partition coefficient (Wildman–Crippen LogP) is 5.25. The van der Waals surface area contributed by atoms with Gasteiger partial charge >= 0.3 is 0 Å². The molecular weight excluding hydrogens is 232 g/mol. The fraction of sp³-hybridized carbons (Fsp3) is 0.556. The summed E-state index contributed by atoms with van der Waals surface area (Å²) in [6.45, 7) is 11.1. The second kappa shape index (κ2) is 5.81. The Morgan fingerprint density at radius 3 is 2.79 bits per heavy atom. The van der Waals surface area contributed by atoms with Crippen LogP contribution in [0.3, 0.4) is 0 Å². The number of benzene rings is 1. The van der Waals surface area contributed by atoms with E-state index in [4.69, 9.17) is 4.74 Å². The molecule has 1 aliphatic rings. The van der Waals surface area contributed by atoms with Crippen LogP contribution in [0, 0.1) is 0 Å². The molecule has 1 heteroatoms. The highest BCUT2D eigenvalue weighted by Gasteiger charge is 2.34. The molecule has 0 amide bonds. The molecule has 1 atom stereocenters. The van der Waals surface area contributed by atoms with Crippen molar-refractivity contribution in [2.75, 3.05) is 0 Å². The van der Waals surface area contributed by atoms with Gasteiger partial charge in [0, 0.05) is 0 Å². The Hall–Kier alpha value is -1.24. The van der Waals surface area contributed by atoms with E-state index in [2.05, 4.69) is 51.6 Å². The maximum Gasteiger partial charge on any atom is 0.123 e. The van der Waals surface area contributed by atoms with Gasteiger partial charge in [-0.1, -0.05) is 58.4 Å². The van der Waals surface area contributed by atoms with E-state index in [0.717, 1.165) is 18.6 Å². The Balaban J connectivity index is 2.09. The Labute approximate surface area is 117 Å². The van der Waals surface area contributed by atoms with Crippen LogP contribution in [0.4, 0.5) is 0 Å². The van der Waals surface area contributed by atoms with Crippen molar-refractivity contribution >= 4 is 0 Å². The van der Waals surface area contributed by atoms with E-state index in [1.54, 1.807) is 0 Å². The molecule has 0 aliphatic carbocycles. The Kier molecular flexibility index (Phi) is 4.34. The molecule has 104 valence electrons. The third-order valence-corrected chi connectivity index (χ3v) is 4.14. The van der Waals surface area contributed by atoms with Crippen LogP contribution >= 0.6 is 0 Å². The molecular formula is C18H26O. The normalized spacial score (nSPS) is 20.5. The molecule has 0 saturated heterocycles. The minimum atomic E-state index is 0.174. The van der Waals surface area contributed by atoms with Crippen LogP contribution in [0.1, 0.15) is 58.4 Å². The summed E-state index contributed by atoms with van der Waals surface area (Å²) in [5.74, 6) is 1.04. The molecule has 0 spiro atoms. The van der Waals surface area contributed by atoms with Gasteiger partial charge in [0.05, 0.1) is 0 Å². The summed E-state index contributed by atoms with van der Waals surface area (Å²) < 4.78 is 6.16. The predicted molar refractivity (Wildman–Crippen MR) is 81.8 cm³/mol. The third kappa shape index (κ3) is 3.20. The van der Waals surface area contributed by atoms with Gasteiger partial charge in [0.15, 0.2) is 0 Å². The number of unbranched alkanes of at least 4 members (excludes halogenated alkanes) is 2. The first-order valence-corrected chi connectivity index (χ1v) is 7.48. The van der Waals surface area contributed by atoms with Crippen molar-refractivity contribution in [2.24, 2.45) is 0 Å². The minimum absolute atomic E-state index is 0.174. The van der Waals surface area contributed by atoms with Crippen molar-refractivity contribution < 1.29 is 4.74 Å². The number of fused-ring (bicyclic) bond motifs is 1. The summed E-state index contributed by atoms with van der Waals surface area (Å²) in [7, 11) is 0. The van der Waals surface area contributed by atoms with Crippen molar-refractivity contribution in [1.82, 2.24) is 0 Å². The lowest BCUT2D eigenvalue weighted by Gasteiger charge is -2.38. The number of hydrogen-bond donors (Lipinski definition) is 0. The zero-order valence-corrected chi connectivity index (χ0v) is 12.5. The van der Waals surface area contributed by atoms with Gasteiger partial charge in [0.2, 0.25) is 0 Å². The standard InChI is InChI=1S/C18H26O/c1-5-6-7-10-14(2)17-13-18(3,4)15-11-8-9-12-16(15)19-17/h8-9,11-12,17H,2,5-7,10,13H2,1,3-4H3. The smallest absolute Gasteiger partial charge is 0.123 e. The van der Waals surface area contributed by atoms with E-state index in [9.17, 15) is 0 Å². The van der Waals surface area contributed by atoms with Crippen LogP contribution in [-0.2, 0) is 5.41 Å². The Morgan fingerprint density at radius 2 is 2.05 bits per heavy atom. The average molecular weight is 258 g/mol. The zero-order valence-electron chi connectivity index (χ0n) is 12.5. The van der Waals surface area contributed by atoms with Crippen LogP contribution < -0.4 is 4.74 Å².